The molecule has 2 rings (SSSR count). The molecule has 0 atom stereocenters. The summed E-state index contributed by atoms with van der Waals surface area (Å²) in [6, 6.07) is 2.14. The summed E-state index contributed by atoms with van der Waals surface area (Å²) in [7, 11) is 0. The molecule has 0 bridgehead atoms. The van der Waals surface area contributed by atoms with Crippen molar-refractivity contribution in [2.45, 2.75) is 26.7 Å². The summed E-state index contributed by atoms with van der Waals surface area (Å²) in [5, 5.41) is 8.88. The molecule has 3 nitrogen and oxygen atoms in total. The minimum atomic E-state index is 0.211. The van der Waals surface area contributed by atoms with Crippen molar-refractivity contribution in [3.8, 4) is 11.5 Å². The van der Waals surface area contributed by atoms with Crippen LogP contribution in [0.15, 0.2) is 6.07 Å². The minimum absolute atomic E-state index is 0.211. The first-order chi connectivity index (χ1) is 7.74. The highest BCUT2D eigenvalue weighted by Crippen LogP contribution is 2.39. The second-order valence-electron chi connectivity index (χ2n) is 4.16. The first-order valence-electron chi connectivity index (χ1n) is 5.73. The molecular formula is C13H18O3. The average molecular weight is 222 g/mol. The van der Waals surface area contributed by atoms with E-state index in [0.29, 0.717) is 13.2 Å². The van der Waals surface area contributed by atoms with Gasteiger partial charge in [-0.15, -0.1) is 0 Å². The SMILES string of the molecule is Cc1cc(CCCO)c2c(c1C)OCCO2. The molecule has 1 aliphatic rings. The van der Waals surface area contributed by atoms with Gasteiger partial charge in [-0.1, -0.05) is 6.07 Å². The van der Waals surface area contributed by atoms with E-state index in [1.807, 2.05) is 0 Å². The van der Waals surface area contributed by atoms with E-state index in [4.69, 9.17) is 14.6 Å². The maximum absolute atomic E-state index is 8.88. The van der Waals surface area contributed by atoms with Crippen LogP contribution in [-0.2, 0) is 6.42 Å². The van der Waals surface area contributed by atoms with Crippen molar-refractivity contribution in [3.63, 3.8) is 0 Å². The van der Waals surface area contributed by atoms with Gasteiger partial charge in [-0.3, -0.25) is 0 Å². The van der Waals surface area contributed by atoms with Gasteiger partial charge in [0, 0.05) is 6.61 Å². The van der Waals surface area contributed by atoms with Gasteiger partial charge >= 0.3 is 0 Å². The van der Waals surface area contributed by atoms with Crippen molar-refractivity contribution in [1.82, 2.24) is 0 Å². The van der Waals surface area contributed by atoms with E-state index in [9.17, 15) is 0 Å². The van der Waals surface area contributed by atoms with Crippen LogP contribution in [0.25, 0.3) is 0 Å². The number of fused-ring (bicyclic) bond motifs is 1. The van der Waals surface area contributed by atoms with E-state index >= 15 is 0 Å². The molecule has 0 fully saturated rings. The van der Waals surface area contributed by atoms with Crippen LogP contribution in [0.5, 0.6) is 11.5 Å². The van der Waals surface area contributed by atoms with E-state index in [-0.39, 0.29) is 6.61 Å². The topological polar surface area (TPSA) is 38.7 Å². The number of benzene rings is 1. The van der Waals surface area contributed by atoms with Gasteiger partial charge in [-0.2, -0.15) is 0 Å². The van der Waals surface area contributed by atoms with Gasteiger partial charge in [-0.05, 0) is 43.4 Å². The fraction of sp³-hybridized carbons (Fsp3) is 0.538. The van der Waals surface area contributed by atoms with Crippen LogP contribution in [0, 0.1) is 13.8 Å². The van der Waals surface area contributed by atoms with Crippen LogP contribution in [0.2, 0.25) is 0 Å². The third-order valence-electron chi connectivity index (χ3n) is 3.00. The smallest absolute Gasteiger partial charge is 0.164 e. The van der Waals surface area contributed by atoms with Gasteiger partial charge in [0.05, 0.1) is 0 Å². The normalized spacial score (nSPS) is 13.9. The highest BCUT2D eigenvalue weighted by molar-refractivity contribution is 5.55. The van der Waals surface area contributed by atoms with E-state index in [1.54, 1.807) is 0 Å². The molecule has 1 aromatic carbocycles. The summed E-state index contributed by atoms with van der Waals surface area (Å²) >= 11 is 0. The van der Waals surface area contributed by atoms with Crippen LogP contribution in [0.3, 0.4) is 0 Å². The lowest BCUT2D eigenvalue weighted by Gasteiger charge is -2.24. The maximum atomic E-state index is 8.88. The fourth-order valence-electron chi connectivity index (χ4n) is 2.01. The van der Waals surface area contributed by atoms with E-state index < -0.39 is 0 Å². The Labute approximate surface area is 96.0 Å². The standard InChI is InChI=1S/C13H18O3/c1-9-8-11(4-3-5-14)13-12(10(9)2)15-6-7-16-13/h8,14H,3-7H2,1-2H3. The predicted octanol–water partition coefficient (Wildman–Crippen LogP) is 2.00. The summed E-state index contributed by atoms with van der Waals surface area (Å²) in [6.45, 7) is 5.58. The molecule has 0 spiro atoms. The monoisotopic (exact) mass is 222 g/mol. The number of aliphatic hydroxyl groups excluding tert-OH is 1. The molecule has 0 unspecified atom stereocenters. The lowest BCUT2D eigenvalue weighted by molar-refractivity contribution is 0.168. The number of aliphatic hydroxyl groups is 1. The van der Waals surface area contributed by atoms with Gasteiger partial charge in [0.1, 0.15) is 13.2 Å². The molecule has 0 aliphatic carbocycles. The number of rotatable bonds is 3. The first kappa shape index (κ1) is 11.3. The van der Waals surface area contributed by atoms with Crippen LogP contribution in [0.4, 0.5) is 0 Å². The first-order valence-corrected chi connectivity index (χ1v) is 5.73. The molecule has 0 saturated carbocycles. The molecule has 0 aromatic heterocycles. The number of hydrogen-bond acceptors (Lipinski definition) is 3. The molecule has 0 amide bonds. The third kappa shape index (κ3) is 2.00. The Kier molecular flexibility index (Phi) is 3.34. The van der Waals surface area contributed by atoms with Gasteiger partial charge in [0.2, 0.25) is 0 Å². The molecular weight excluding hydrogens is 204 g/mol. The molecule has 16 heavy (non-hydrogen) atoms. The second kappa shape index (κ2) is 4.74. The van der Waals surface area contributed by atoms with Gasteiger partial charge < -0.3 is 14.6 Å². The van der Waals surface area contributed by atoms with Crippen LogP contribution in [-0.4, -0.2) is 24.9 Å². The van der Waals surface area contributed by atoms with Crippen molar-refractivity contribution in [3.05, 3.63) is 22.8 Å². The minimum Gasteiger partial charge on any atom is -0.486 e. The van der Waals surface area contributed by atoms with Crippen molar-refractivity contribution in [1.29, 1.82) is 0 Å². The zero-order chi connectivity index (χ0) is 11.5. The Hall–Kier alpha value is -1.22. The van der Waals surface area contributed by atoms with E-state index in [2.05, 4.69) is 19.9 Å². The average Bonchev–Trinajstić information content (AvgIpc) is 2.32. The van der Waals surface area contributed by atoms with Crippen LogP contribution < -0.4 is 9.47 Å². The Balaban J connectivity index is 2.40. The number of ether oxygens (including phenoxy) is 2. The van der Waals surface area contributed by atoms with Crippen molar-refractivity contribution >= 4 is 0 Å². The highest BCUT2D eigenvalue weighted by atomic mass is 16.6. The van der Waals surface area contributed by atoms with Gasteiger partial charge in [0.25, 0.3) is 0 Å². The molecule has 1 aliphatic heterocycles. The second-order valence-corrected chi connectivity index (χ2v) is 4.16. The van der Waals surface area contributed by atoms with E-state index in [1.165, 1.54) is 5.56 Å². The lowest BCUT2D eigenvalue weighted by atomic mass is 10.00. The van der Waals surface area contributed by atoms with E-state index in [0.717, 1.165) is 35.5 Å². The number of aryl methyl sites for hydroxylation is 2. The van der Waals surface area contributed by atoms with Crippen molar-refractivity contribution in [2.75, 3.05) is 19.8 Å². The Morgan fingerprint density at radius 3 is 2.56 bits per heavy atom. The molecule has 1 aromatic rings. The van der Waals surface area contributed by atoms with Crippen molar-refractivity contribution in [2.24, 2.45) is 0 Å². The quantitative estimate of drug-likeness (QED) is 0.850. The molecule has 88 valence electrons. The molecule has 0 radical (unpaired) electrons. The Morgan fingerprint density at radius 1 is 1.19 bits per heavy atom. The van der Waals surface area contributed by atoms with Gasteiger partial charge in [-0.25, -0.2) is 0 Å². The molecule has 3 heteroatoms. The fourth-order valence-corrected chi connectivity index (χ4v) is 2.01. The maximum Gasteiger partial charge on any atom is 0.164 e. The highest BCUT2D eigenvalue weighted by Gasteiger charge is 2.19. The Bertz CT molecular complexity index is 385. The predicted molar refractivity (Wildman–Crippen MR) is 62.3 cm³/mol. The summed E-state index contributed by atoms with van der Waals surface area (Å²) in [4.78, 5) is 0. The lowest BCUT2D eigenvalue weighted by Crippen LogP contribution is -2.18. The molecule has 1 N–H and O–H groups in total. The van der Waals surface area contributed by atoms with Gasteiger partial charge in [0.15, 0.2) is 11.5 Å². The summed E-state index contributed by atoms with van der Waals surface area (Å²) < 4.78 is 11.3. The van der Waals surface area contributed by atoms with Crippen molar-refractivity contribution < 1.29 is 14.6 Å². The zero-order valence-corrected chi connectivity index (χ0v) is 9.88. The summed E-state index contributed by atoms with van der Waals surface area (Å²) in [5.41, 5.74) is 3.52. The van der Waals surface area contributed by atoms with Crippen LogP contribution >= 0.6 is 0 Å². The molecule has 0 saturated heterocycles. The number of hydrogen-bond donors (Lipinski definition) is 1. The molecule has 1 heterocycles. The Morgan fingerprint density at radius 2 is 1.88 bits per heavy atom. The zero-order valence-electron chi connectivity index (χ0n) is 9.88. The third-order valence-corrected chi connectivity index (χ3v) is 3.00. The summed E-state index contributed by atoms with van der Waals surface area (Å²) in [5.74, 6) is 1.77. The summed E-state index contributed by atoms with van der Waals surface area (Å²) in [6.07, 6.45) is 1.60. The van der Waals surface area contributed by atoms with Crippen LogP contribution in [0.1, 0.15) is 23.1 Å². The largest absolute Gasteiger partial charge is 0.486 e.